The van der Waals surface area contributed by atoms with Crippen LogP contribution < -0.4 is 11.1 Å². The second-order valence-electron chi connectivity index (χ2n) is 7.26. The molecule has 0 fully saturated rings. The molecule has 0 atom stereocenters. The maximum atomic E-state index is 12.4. The molecule has 0 unspecified atom stereocenters. The number of carbonyl (C=O) groups excluding carboxylic acids is 2. The molecule has 0 aliphatic carbocycles. The summed E-state index contributed by atoms with van der Waals surface area (Å²) in [5, 5.41) is 3.97. The van der Waals surface area contributed by atoms with E-state index in [1.807, 2.05) is 79.7 Å². The fraction of sp³-hybridized carbons (Fsp3) is 0.367. The highest BCUT2D eigenvalue weighted by Gasteiger charge is 2.14. The SMILES string of the molecule is CC.CC.CC.CC/C=C\C=C(/C)COC(=O)c1cc(C)c(-c2cc3cc(NC=O)ncc3c(N)n2)cn1. The molecule has 0 saturated heterocycles. The third-order valence-electron chi connectivity index (χ3n) is 4.73. The van der Waals surface area contributed by atoms with Gasteiger partial charge in [0.2, 0.25) is 6.41 Å². The molecule has 0 saturated carbocycles. The molecular weight excluding hydrogens is 478 g/mol. The number of rotatable bonds is 8. The molecule has 0 radical (unpaired) electrons. The van der Waals surface area contributed by atoms with Gasteiger partial charge >= 0.3 is 5.97 Å². The number of hydrogen-bond acceptors (Lipinski definition) is 7. The van der Waals surface area contributed by atoms with Gasteiger partial charge in [-0.15, -0.1) is 0 Å². The smallest absolute Gasteiger partial charge is 0.357 e. The Morgan fingerprint density at radius 1 is 1.05 bits per heavy atom. The molecule has 0 aliphatic rings. The van der Waals surface area contributed by atoms with Crippen LogP contribution >= 0.6 is 0 Å². The predicted octanol–water partition coefficient (Wildman–Crippen LogP) is 7.30. The molecule has 0 bridgehead atoms. The molecule has 3 aromatic rings. The van der Waals surface area contributed by atoms with Crippen LogP contribution in [0.1, 0.15) is 77.9 Å². The van der Waals surface area contributed by atoms with Gasteiger partial charge in [0.15, 0.2) is 0 Å². The largest absolute Gasteiger partial charge is 0.456 e. The first-order chi connectivity index (χ1) is 18.4. The molecule has 0 spiro atoms. The van der Waals surface area contributed by atoms with E-state index in [4.69, 9.17) is 10.5 Å². The molecular formula is C30H43N5O3. The quantitative estimate of drug-likeness (QED) is 0.181. The molecule has 0 aromatic carbocycles. The van der Waals surface area contributed by atoms with Gasteiger partial charge in [-0.3, -0.25) is 4.79 Å². The summed E-state index contributed by atoms with van der Waals surface area (Å²) in [5.74, 6) is 0.227. The van der Waals surface area contributed by atoms with E-state index in [2.05, 4.69) is 27.2 Å². The number of aryl methyl sites for hydroxylation is 1. The number of aromatic nitrogens is 3. The van der Waals surface area contributed by atoms with E-state index in [9.17, 15) is 9.59 Å². The number of allylic oxidation sites excluding steroid dienone is 3. The third-order valence-corrected chi connectivity index (χ3v) is 4.73. The second-order valence-corrected chi connectivity index (χ2v) is 7.26. The highest BCUT2D eigenvalue weighted by molar-refractivity contribution is 5.95. The molecule has 1 amide bonds. The molecule has 38 heavy (non-hydrogen) atoms. The van der Waals surface area contributed by atoms with Gasteiger partial charge < -0.3 is 15.8 Å². The van der Waals surface area contributed by atoms with E-state index >= 15 is 0 Å². The Kier molecular flexibility index (Phi) is 17.1. The average molecular weight is 522 g/mol. The standard InChI is InChI=1S/C24H25N5O3.3C2H6/c1-4-5-6-7-15(2)13-32-24(31)21-8-16(3)18(11-26-21)20-9-17-10-22(28-14-30)27-12-19(17)23(25)29-20;3*1-2/h5-12,14H,4,13H2,1-3H3,(H2,25,29)(H,27,28,30);3*1-2H3/b6-5-,15-7+;;;. The average Bonchev–Trinajstić information content (AvgIpc) is 2.95. The van der Waals surface area contributed by atoms with Crippen LogP contribution in [-0.4, -0.2) is 33.9 Å². The van der Waals surface area contributed by atoms with E-state index < -0.39 is 5.97 Å². The first kappa shape index (κ1) is 33.9. The minimum Gasteiger partial charge on any atom is -0.456 e. The van der Waals surface area contributed by atoms with Crippen molar-refractivity contribution in [1.82, 2.24) is 15.0 Å². The van der Waals surface area contributed by atoms with Crippen LogP contribution in [0.4, 0.5) is 11.6 Å². The van der Waals surface area contributed by atoms with Crippen molar-refractivity contribution >= 4 is 34.8 Å². The number of amides is 1. The number of ether oxygens (including phenoxy) is 1. The van der Waals surface area contributed by atoms with Crippen LogP contribution in [-0.2, 0) is 9.53 Å². The van der Waals surface area contributed by atoms with Crippen LogP contribution in [0.5, 0.6) is 0 Å². The zero-order chi connectivity index (χ0) is 29.1. The van der Waals surface area contributed by atoms with Crippen molar-refractivity contribution < 1.29 is 14.3 Å². The highest BCUT2D eigenvalue weighted by atomic mass is 16.5. The van der Waals surface area contributed by atoms with Crippen molar-refractivity contribution in [1.29, 1.82) is 0 Å². The first-order valence-corrected chi connectivity index (χ1v) is 13.2. The summed E-state index contributed by atoms with van der Waals surface area (Å²) in [6.07, 6.45) is 10.5. The summed E-state index contributed by atoms with van der Waals surface area (Å²) in [6.45, 7) is 18.0. The number of esters is 1. The van der Waals surface area contributed by atoms with Gasteiger partial charge in [0.05, 0.1) is 5.69 Å². The zero-order valence-corrected chi connectivity index (χ0v) is 24.3. The van der Waals surface area contributed by atoms with E-state index in [1.54, 1.807) is 24.5 Å². The van der Waals surface area contributed by atoms with Crippen molar-refractivity contribution in [3.8, 4) is 11.3 Å². The lowest BCUT2D eigenvalue weighted by atomic mass is 10.0. The Bertz CT molecular complexity index is 1220. The number of pyridine rings is 3. The number of nitrogens with one attached hydrogen (secondary N) is 1. The first-order valence-electron chi connectivity index (χ1n) is 13.2. The number of fused-ring (bicyclic) bond motifs is 1. The van der Waals surface area contributed by atoms with Gasteiger partial charge in [0, 0.05) is 23.3 Å². The van der Waals surface area contributed by atoms with E-state index in [1.165, 1.54) is 0 Å². The Labute approximate surface area is 227 Å². The van der Waals surface area contributed by atoms with Crippen molar-refractivity contribution in [3.63, 3.8) is 0 Å². The van der Waals surface area contributed by atoms with E-state index in [0.29, 0.717) is 29.1 Å². The van der Waals surface area contributed by atoms with Crippen LogP contribution in [0.15, 0.2) is 54.4 Å². The molecule has 3 rings (SSSR count). The van der Waals surface area contributed by atoms with Gasteiger partial charge in [-0.2, -0.15) is 0 Å². The van der Waals surface area contributed by atoms with Crippen molar-refractivity contribution in [2.45, 2.75) is 68.7 Å². The summed E-state index contributed by atoms with van der Waals surface area (Å²) in [4.78, 5) is 35.9. The number of nitrogens with two attached hydrogens (primary N) is 1. The Hall–Kier alpha value is -4.07. The number of anilines is 2. The van der Waals surface area contributed by atoms with Crippen molar-refractivity contribution in [3.05, 3.63) is 65.7 Å². The fourth-order valence-electron chi connectivity index (χ4n) is 3.06. The number of nitrogens with zero attached hydrogens (tertiary/aromatic N) is 3. The van der Waals surface area contributed by atoms with Gasteiger partial charge in [-0.05, 0) is 55.0 Å². The minimum atomic E-state index is -0.492. The Morgan fingerprint density at radius 2 is 1.74 bits per heavy atom. The van der Waals surface area contributed by atoms with Crippen LogP contribution in [0.3, 0.4) is 0 Å². The van der Waals surface area contributed by atoms with Crippen molar-refractivity contribution in [2.24, 2.45) is 0 Å². The molecule has 3 heterocycles. The number of carbonyl (C=O) groups is 2. The summed E-state index contributed by atoms with van der Waals surface area (Å²) < 4.78 is 5.35. The summed E-state index contributed by atoms with van der Waals surface area (Å²) in [5.41, 5.74) is 9.41. The molecule has 0 aliphatic heterocycles. The third kappa shape index (κ3) is 10.1. The molecule has 3 N–H and O–H groups in total. The summed E-state index contributed by atoms with van der Waals surface area (Å²) >= 11 is 0. The van der Waals surface area contributed by atoms with E-state index in [0.717, 1.165) is 28.5 Å². The summed E-state index contributed by atoms with van der Waals surface area (Å²) in [7, 11) is 0. The molecule has 206 valence electrons. The lowest BCUT2D eigenvalue weighted by Gasteiger charge is -2.11. The van der Waals surface area contributed by atoms with Gasteiger partial charge in [0.1, 0.15) is 23.9 Å². The maximum absolute atomic E-state index is 12.4. The lowest BCUT2D eigenvalue weighted by molar-refractivity contribution is -0.105. The normalized spacial score (nSPS) is 10.3. The minimum absolute atomic E-state index is 0.198. The fourth-order valence-corrected chi connectivity index (χ4v) is 3.06. The van der Waals surface area contributed by atoms with Gasteiger partial charge in [-0.25, -0.2) is 19.7 Å². The van der Waals surface area contributed by atoms with Crippen LogP contribution in [0, 0.1) is 6.92 Å². The Morgan fingerprint density at radius 3 is 2.34 bits per heavy atom. The molecule has 8 heteroatoms. The number of hydrogen-bond donors (Lipinski definition) is 2. The summed E-state index contributed by atoms with van der Waals surface area (Å²) in [6, 6.07) is 5.22. The topological polar surface area (TPSA) is 120 Å². The molecule has 3 aromatic heterocycles. The predicted molar refractivity (Wildman–Crippen MR) is 159 cm³/mol. The monoisotopic (exact) mass is 521 g/mol. The van der Waals surface area contributed by atoms with Gasteiger partial charge in [-0.1, -0.05) is 66.7 Å². The van der Waals surface area contributed by atoms with Crippen molar-refractivity contribution in [2.75, 3.05) is 17.7 Å². The maximum Gasteiger partial charge on any atom is 0.357 e. The lowest BCUT2D eigenvalue weighted by Crippen LogP contribution is -2.10. The Balaban J connectivity index is 0.00000213. The highest BCUT2D eigenvalue weighted by Crippen LogP contribution is 2.29. The van der Waals surface area contributed by atoms with Crippen LogP contribution in [0.2, 0.25) is 0 Å². The van der Waals surface area contributed by atoms with E-state index in [-0.39, 0.29) is 12.3 Å². The number of nitrogen functional groups attached to an aromatic ring is 1. The second kappa shape index (κ2) is 19.1. The molecule has 8 nitrogen and oxygen atoms in total. The van der Waals surface area contributed by atoms with Crippen LogP contribution in [0.25, 0.3) is 22.0 Å². The zero-order valence-electron chi connectivity index (χ0n) is 24.3. The van der Waals surface area contributed by atoms with Gasteiger partial charge in [0.25, 0.3) is 0 Å².